The standard InChI is InChI=1S/C13H25NO5/c1-12(2)13(15)19-11-10-18-9-8-17-7-6-16-5-4-14-3/h14H,1,4-11H2,2-3H3. The van der Waals surface area contributed by atoms with E-state index in [-0.39, 0.29) is 6.61 Å². The fraction of sp³-hybridized carbons (Fsp3) is 0.769. The largest absolute Gasteiger partial charge is 0.460 e. The first-order valence-corrected chi connectivity index (χ1v) is 6.39. The fourth-order valence-corrected chi connectivity index (χ4v) is 1.03. The van der Waals surface area contributed by atoms with Gasteiger partial charge < -0.3 is 24.3 Å². The second-order valence-corrected chi connectivity index (χ2v) is 3.86. The van der Waals surface area contributed by atoms with Gasteiger partial charge in [0, 0.05) is 12.1 Å². The van der Waals surface area contributed by atoms with Gasteiger partial charge in [-0.1, -0.05) is 6.58 Å². The molecule has 0 rings (SSSR count). The first-order chi connectivity index (χ1) is 9.18. The van der Waals surface area contributed by atoms with E-state index in [4.69, 9.17) is 18.9 Å². The Balaban J connectivity index is 3.07. The molecule has 6 nitrogen and oxygen atoms in total. The summed E-state index contributed by atoms with van der Waals surface area (Å²) in [4.78, 5) is 11.0. The van der Waals surface area contributed by atoms with E-state index in [0.717, 1.165) is 6.54 Å². The predicted octanol–water partition coefficient (Wildman–Crippen LogP) is 0.375. The third kappa shape index (κ3) is 13.3. The quantitative estimate of drug-likeness (QED) is 0.298. The number of hydrogen-bond donors (Lipinski definition) is 1. The fourth-order valence-electron chi connectivity index (χ4n) is 1.03. The SMILES string of the molecule is C=C(C)C(=O)OCCOCCOCCOCCNC. The van der Waals surface area contributed by atoms with Crippen molar-refractivity contribution >= 4 is 5.97 Å². The van der Waals surface area contributed by atoms with Gasteiger partial charge in [0.15, 0.2) is 0 Å². The average Bonchev–Trinajstić information content (AvgIpc) is 2.39. The molecular formula is C13H25NO5. The van der Waals surface area contributed by atoms with Crippen molar-refractivity contribution in [1.29, 1.82) is 0 Å². The molecule has 0 aromatic heterocycles. The van der Waals surface area contributed by atoms with Gasteiger partial charge in [-0.15, -0.1) is 0 Å². The Bertz CT molecular complexity index is 245. The van der Waals surface area contributed by atoms with Crippen molar-refractivity contribution in [1.82, 2.24) is 5.32 Å². The third-order valence-electron chi connectivity index (χ3n) is 2.05. The van der Waals surface area contributed by atoms with Gasteiger partial charge in [-0.25, -0.2) is 4.79 Å². The van der Waals surface area contributed by atoms with Crippen molar-refractivity contribution in [3.8, 4) is 0 Å². The second kappa shape index (κ2) is 13.5. The van der Waals surface area contributed by atoms with Gasteiger partial charge in [0.2, 0.25) is 0 Å². The van der Waals surface area contributed by atoms with Gasteiger partial charge in [-0.05, 0) is 14.0 Å². The van der Waals surface area contributed by atoms with Gasteiger partial charge in [0.05, 0.1) is 39.6 Å². The maximum absolute atomic E-state index is 11.0. The van der Waals surface area contributed by atoms with Crippen LogP contribution in [0, 0.1) is 0 Å². The van der Waals surface area contributed by atoms with Crippen molar-refractivity contribution in [3.63, 3.8) is 0 Å². The smallest absolute Gasteiger partial charge is 0.333 e. The Hall–Kier alpha value is -0.950. The lowest BCUT2D eigenvalue weighted by Gasteiger charge is -2.07. The van der Waals surface area contributed by atoms with Crippen molar-refractivity contribution < 1.29 is 23.7 Å². The lowest BCUT2D eigenvalue weighted by Crippen LogP contribution is -2.17. The van der Waals surface area contributed by atoms with Crippen LogP contribution in [0.1, 0.15) is 6.92 Å². The number of nitrogens with one attached hydrogen (secondary N) is 1. The van der Waals surface area contributed by atoms with Crippen LogP contribution in [-0.2, 0) is 23.7 Å². The summed E-state index contributed by atoms with van der Waals surface area (Å²) >= 11 is 0. The third-order valence-corrected chi connectivity index (χ3v) is 2.05. The molecule has 0 spiro atoms. The molecule has 0 saturated heterocycles. The first kappa shape index (κ1) is 18.0. The molecule has 0 radical (unpaired) electrons. The summed E-state index contributed by atoms with van der Waals surface area (Å²) in [7, 11) is 1.88. The van der Waals surface area contributed by atoms with Crippen LogP contribution < -0.4 is 5.32 Å². The van der Waals surface area contributed by atoms with Crippen LogP contribution >= 0.6 is 0 Å². The highest BCUT2D eigenvalue weighted by Gasteiger charge is 2.01. The molecular weight excluding hydrogens is 250 g/mol. The van der Waals surface area contributed by atoms with Gasteiger partial charge in [-0.2, -0.15) is 0 Å². The molecule has 0 aromatic carbocycles. The number of likely N-dealkylation sites (N-methyl/N-ethyl adjacent to an activating group) is 1. The van der Waals surface area contributed by atoms with E-state index in [1.165, 1.54) is 0 Å². The van der Waals surface area contributed by atoms with Crippen LogP contribution in [0.5, 0.6) is 0 Å². The van der Waals surface area contributed by atoms with E-state index in [1.807, 2.05) is 7.05 Å². The van der Waals surface area contributed by atoms with Crippen molar-refractivity contribution in [2.24, 2.45) is 0 Å². The minimum atomic E-state index is -0.390. The Labute approximate surface area is 115 Å². The molecule has 0 fully saturated rings. The molecule has 0 unspecified atom stereocenters. The van der Waals surface area contributed by atoms with Crippen molar-refractivity contribution in [3.05, 3.63) is 12.2 Å². The topological polar surface area (TPSA) is 66.0 Å². The Morgan fingerprint density at radius 1 is 0.947 bits per heavy atom. The Kier molecular flexibility index (Phi) is 12.8. The Morgan fingerprint density at radius 3 is 1.89 bits per heavy atom. The monoisotopic (exact) mass is 275 g/mol. The van der Waals surface area contributed by atoms with E-state index in [1.54, 1.807) is 6.92 Å². The molecule has 112 valence electrons. The maximum atomic E-state index is 11.0. The number of esters is 1. The lowest BCUT2D eigenvalue weighted by molar-refractivity contribution is -0.140. The normalized spacial score (nSPS) is 10.4. The van der Waals surface area contributed by atoms with Crippen LogP contribution in [0.2, 0.25) is 0 Å². The number of carbonyl (C=O) groups is 1. The predicted molar refractivity (Wildman–Crippen MR) is 72.2 cm³/mol. The number of carbonyl (C=O) groups excluding carboxylic acids is 1. The summed E-state index contributed by atoms with van der Waals surface area (Å²) in [6.45, 7) is 9.32. The van der Waals surface area contributed by atoms with E-state index >= 15 is 0 Å². The molecule has 19 heavy (non-hydrogen) atoms. The summed E-state index contributed by atoms with van der Waals surface area (Å²) in [6.07, 6.45) is 0. The molecule has 1 N–H and O–H groups in total. The van der Waals surface area contributed by atoms with Gasteiger partial charge >= 0.3 is 5.97 Å². The molecule has 6 heteroatoms. The highest BCUT2D eigenvalue weighted by atomic mass is 16.6. The van der Waals surface area contributed by atoms with Crippen LogP contribution in [0.3, 0.4) is 0 Å². The number of hydrogen-bond acceptors (Lipinski definition) is 6. The highest BCUT2D eigenvalue weighted by Crippen LogP contribution is 1.91. The number of ether oxygens (including phenoxy) is 4. The summed E-state index contributed by atoms with van der Waals surface area (Å²) in [5, 5.41) is 2.99. The lowest BCUT2D eigenvalue weighted by atomic mass is 10.4. The van der Waals surface area contributed by atoms with Crippen LogP contribution in [0.15, 0.2) is 12.2 Å². The summed E-state index contributed by atoms with van der Waals surface area (Å²) in [5.41, 5.74) is 0.390. The summed E-state index contributed by atoms with van der Waals surface area (Å²) < 4.78 is 20.6. The molecule has 0 aliphatic rings. The summed E-state index contributed by atoms with van der Waals surface area (Å²) in [5.74, 6) is -0.390. The molecule has 0 bridgehead atoms. The van der Waals surface area contributed by atoms with Crippen molar-refractivity contribution in [2.75, 3.05) is 59.8 Å². The zero-order chi connectivity index (χ0) is 14.3. The van der Waals surface area contributed by atoms with Gasteiger partial charge in [0.25, 0.3) is 0 Å². The molecule has 0 saturated carbocycles. The van der Waals surface area contributed by atoms with Crippen LogP contribution in [-0.4, -0.2) is 65.8 Å². The minimum Gasteiger partial charge on any atom is -0.460 e. The first-order valence-electron chi connectivity index (χ1n) is 6.39. The summed E-state index contributed by atoms with van der Waals surface area (Å²) in [6, 6.07) is 0. The molecule has 0 aromatic rings. The molecule has 0 heterocycles. The molecule has 0 aliphatic carbocycles. The molecule has 0 atom stereocenters. The maximum Gasteiger partial charge on any atom is 0.333 e. The van der Waals surface area contributed by atoms with E-state index in [9.17, 15) is 4.79 Å². The minimum absolute atomic E-state index is 0.235. The molecule has 0 amide bonds. The van der Waals surface area contributed by atoms with E-state index in [0.29, 0.717) is 45.2 Å². The Morgan fingerprint density at radius 2 is 1.42 bits per heavy atom. The number of rotatable bonds is 13. The molecule has 0 aliphatic heterocycles. The van der Waals surface area contributed by atoms with Crippen LogP contribution in [0.4, 0.5) is 0 Å². The zero-order valence-corrected chi connectivity index (χ0v) is 11.9. The zero-order valence-electron chi connectivity index (χ0n) is 11.9. The second-order valence-electron chi connectivity index (χ2n) is 3.86. The van der Waals surface area contributed by atoms with Gasteiger partial charge in [0.1, 0.15) is 6.61 Å². The van der Waals surface area contributed by atoms with Crippen molar-refractivity contribution in [2.45, 2.75) is 6.92 Å². The van der Waals surface area contributed by atoms with Crippen LogP contribution in [0.25, 0.3) is 0 Å². The average molecular weight is 275 g/mol. The van der Waals surface area contributed by atoms with E-state index < -0.39 is 5.97 Å². The van der Waals surface area contributed by atoms with E-state index in [2.05, 4.69) is 11.9 Å². The van der Waals surface area contributed by atoms with Gasteiger partial charge in [-0.3, -0.25) is 0 Å². The highest BCUT2D eigenvalue weighted by molar-refractivity contribution is 5.86.